The maximum atomic E-state index is 13.9. The molecule has 0 spiro atoms. The number of methoxy groups -OCH3 is 3. The van der Waals surface area contributed by atoms with Crippen molar-refractivity contribution >= 4 is 15.9 Å². The van der Waals surface area contributed by atoms with E-state index in [9.17, 15) is 23.1 Å². The van der Waals surface area contributed by atoms with Crippen molar-refractivity contribution in [1.82, 2.24) is 18.6 Å². The summed E-state index contributed by atoms with van der Waals surface area (Å²) < 4.78 is 58.9. The van der Waals surface area contributed by atoms with Crippen LogP contribution < -0.4 is 10.3 Å². The number of aromatic nitrogens is 2. The number of likely N-dealkylation sites (N-methyl/N-ethyl adjacent to an activating group) is 1. The van der Waals surface area contributed by atoms with Crippen molar-refractivity contribution in [1.29, 1.82) is 0 Å². The Bertz CT molecular complexity index is 1720. The summed E-state index contributed by atoms with van der Waals surface area (Å²) in [4.78, 5) is 28.9. The van der Waals surface area contributed by atoms with Crippen LogP contribution in [0.2, 0.25) is 0 Å². The molecular weight excluding hydrogens is 644 g/mol. The Hall–Kier alpha value is -3.99. The molecule has 1 aliphatic rings. The maximum Gasteiger partial charge on any atom is 0.288 e. The molecule has 0 unspecified atom stereocenters. The van der Waals surface area contributed by atoms with E-state index in [2.05, 4.69) is 0 Å². The summed E-state index contributed by atoms with van der Waals surface area (Å²) in [6, 6.07) is 15.2. The summed E-state index contributed by atoms with van der Waals surface area (Å²) >= 11 is 0. The van der Waals surface area contributed by atoms with Gasteiger partial charge in [-0.15, -0.1) is 0 Å². The highest BCUT2D eigenvalue weighted by atomic mass is 32.2. The highest BCUT2D eigenvalue weighted by Crippen LogP contribution is 2.33. The second-order valence-electron chi connectivity index (χ2n) is 11.2. The quantitative estimate of drug-likeness (QED) is 0.221. The molecule has 0 fully saturated rings. The van der Waals surface area contributed by atoms with Gasteiger partial charge in [0.1, 0.15) is 5.75 Å². The standard InChI is InChI=1S/C33H44N4O10S/c1-23-31(33(40)37(35(23)3)25-10-8-7-9-11-25)24-20-28(32(39)34(2)22-30(44-5)45-6)47-29(21-24)46-19-17-36(16-18-38)48(41,42)27-14-12-26(43-4)13-15-27/h7-15,20,24,29-30,38H,16-19,21-22H2,1-6H3/t24-,29+/m0/s1. The van der Waals surface area contributed by atoms with Crippen molar-refractivity contribution in [2.45, 2.75) is 36.7 Å². The van der Waals surface area contributed by atoms with E-state index < -0.39 is 41.0 Å². The number of nitrogens with zero attached hydrogens (tertiary/aromatic N) is 4. The van der Waals surface area contributed by atoms with Crippen molar-refractivity contribution < 1.29 is 42.0 Å². The number of carbonyl (C=O) groups is 1. The molecule has 0 aliphatic carbocycles. The first-order chi connectivity index (χ1) is 23.0. The summed E-state index contributed by atoms with van der Waals surface area (Å²) in [6.07, 6.45) is 0.125. The second-order valence-corrected chi connectivity index (χ2v) is 13.1. The number of carbonyl (C=O) groups excluding carboxylic acids is 1. The lowest BCUT2D eigenvalue weighted by molar-refractivity contribution is -0.158. The fraction of sp³-hybridized carbons (Fsp3) is 0.455. The van der Waals surface area contributed by atoms with Crippen LogP contribution in [0.5, 0.6) is 5.75 Å². The van der Waals surface area contributed by atoms with E-state index in [1.54, 1.807) is 29.5 Å². The van der Waals surface area contributed by atoms with Crippen LogP contribution in [0.4, 0.5) is 0 Å². The van der Waals surface area contributed by atoms with Crippen molar-refractivity contribution in [2.24, 2.45) is 7.05 Å². The van der Waals surface area contributed by atoms with Gasteiger partial charge in [0.05, 0.1) is 37.5 Å². The summed E-state index contributed by atoms with van der Waals surface area (Å²) in [5, 5.41) is 9.65. The molecule has 1 N–H and O–H groups in total. The highest BCUT2D eigenvalue weighted by molar-refractivity contribution is 7.89. The third kappa shape index (κ3) is 8.17. The minimum atomic E-state index is -3.98. The zero-order valence-electron chi connectivity index (χ0n) is 28.1. The van der Waals surface area contributed by atoms with E-state index in [1.165, 1.54) is 50.5 Å². The van der Waals surface area contributed by atoms with E-state index in [-0.39, 0.29) is 48.9 Å². The number of para-hydroxylation sites is 1. The number of allylic oxidation sites excluding steroid dienone is 1. The lowest BCUT2D eigenvalue weighted by atomic mass is 9.93. The van der Waals surface area contributed by atoms with Crippen molar-refractivity contribution in [3.8, 4) is 11.4 Å². The number of hydrogen-bond acceptors (Lipinski definition) is 10. The number of hydrogen-bond donors (Lipinski definition) is 1. The Morgan fingerprint density at radius 1 is 1.06 bits per heavy atom. The molecule has 4 rings (SSSR count). The molecule has 0 saturated carbocycles. The van der Waals surface area contributed by atoms with E-state index in [0.29, 0.717) is 22.7 Å². The average molecular weight is 689 g/mol. The molecule has 2 aromatic carbocycles. The number of benzene rings is 2. The number of aliphatic hydroxyl groups excluding tert-OH is 1. The number of aliphatic hydroxyl groups is 1. The van der Waals surface area contributed by atoms with Crippen LogP contribution >= 0.6 is 0 Å². The van der Waals surface area contributed by atoms with Gasteiger partial charge in [0.15, 0.2) is 12.0 Å². The van der Waals surface area contributed by atoms with Crippen LogP contribution in [-0.4, -0.2) is 112 Å². The lowest BCUT2D eigenvalue weighted by Gasteiger charge is -2.31. The zero-order chi connectivity index (χ0) is 35.0. The van der Waals surface area contributed by atoms with Gasteiger partial charge in [0, 0.05) is 65.0 Å². The Morgan fingerprint density at radius 2 is 1.73 bits per heavy atom. The SMILES string of the molecule is COc1ccc(S(=O)(=O)N(CCO)CCO[C@H]2C[C@@H](c3c(C)n(C)n(-c4ccccc4)c3=O)C=C(C(=O)N(C)CC(OC)OC)O2)cc1. The van der Waals surface area contributed by atoms with Crippen LogP contribution in [0.1, 0.15) is 23.6 Å². The molecule has 0 bridgehead atoms. The average Bonchev–Trinajstić information content (AvgIpc) is 3.32. The minimum Gasteiger partial charge on any atom is -0.497 e. The van der Waals surface area contributed by atoms with Crippen molar-refractivity contribution in [3.05, 3.63) is 88.0 Å². The first-order valence-corrected chi connectivity index (χ1v) is 16.8. The Labute approximate surface area is 280 Å². The minimum absolute atomic E-state index is 0.0308. The summed E-state index contributed by atoms with van der Waals surface area (Å²) in [5.74, 6) is -0.579. The molecule has 3 aromatic rings. The number of rotatable bonds is 16. The van der Waals surface area contributed by atoms with Crippen LogP contribution in [0, 0.1) is 6.92 Å². The van der Waals surface area contributed by atoms with Gasteiger partial charge >= 0.3 is 0 Å². The van der Waals surface area contributed by atoms with Crippen LogP contribution in [-0.2, 0) is 40.8 Å². The molecule has 48 heavy (non-hydrogen) atoms. The molecule has 2 atom stereocenters. The van der Waals surface area contributed by atoms with Gasteiger partial charge in [-0.05, 0) is 49.4 Å². The first-order valence-electron chi connectivity index (χ1n) is 15.4. The van der Waals surface area contributed by atoms with Gasteiger partial charge in [0.2, 0.25) is 16.3 Å². The van der Waals surface area contributed by atoms with Crippen molar-refractivity contribution in [3.63, 3.8) is 0 Å². The maximum absolute atomic E-state index is 13.9. The number of amides is 1. The van der Waals surface area contributed by atoms with Crippen LogP contribution in [0.15, 0.2) is 76.1 Å². The fourth-order valence-electron chi connectivity index (χ4n) is 5.51. The fourth-order valence-corrected chi connectivity index (χ4v) is 6.93. The molecule has 15 heteroatoms. The summed E-state index contributed by atoms with van der Waals surface area (Å²) in [5.41, 5.74) is 1.61. The van der Waals surface area contributed by atoms with Gasteiger partial charge in [-0.3, -0.25) is 14.3 Å². The predicted octanol–water partition coefficient (Wildman–Crippen LogP) is 1.98. The Balaban J connectivity index is 1.61. The van der Waals surface area contributed by atoms with Gasteiger partial charge in [-0.25, -0.2) is 13.1 Å². The normalized spacial score (nSPS) is 16.6. The molecule has 1 amide bonds. The third-order valence-electron chi connectivity index (χ3n) is 8.22. The Morgan fingerprint density at radius 3 is 2.33 bits per heavy atom. The monoisotopic (exact) mass is 688 g/mol. The molecular formula is C33H44N4O10S. The van der Waals surface area contributed by atoms with Crippen molar-refractivity contribution in [2.75, 3.05) is 61.2 Å². The topological polar surface area (TPSA) is 151 Å². The van der Waals surface area contributed by atoms with Crippen LogP contribution in [0.25, 0.3) is 5.69 Å². The largest absolute Gasteiger partial charge is 0.497 e. The Kier molecular flexibility index (Phi) is 12.6. The van der Waals surface area contributed by atoms with E-state index in [0.717, 1.165) is 4.31 Å². The third-order valence-corrected chi connectivity index (χ3v) is 10.1. The molecule has 262 valence electrons. The second kappa shape index (κ2) is 16.4. The number of sulfonamides is 1. The molecule has 14 nitrogen and oxygen atoms in total. The highest BCUT2D eigenvalue weighted by Gasteiger charge is 2.35. The van der Waals surface area contributed by atoms with Gasteiger partial charge in [-0.2, -0.15) is 4.31 Å². The molecule has 2 heterocycles. The molecule has 0 saturated heterocycles. The molecule has 0 radical (unpaired) electrons. The zero-order valence-corrected chi connectivity index (χ0v) is 28.9. The number of ether oxygens (including phenoxy) is 5. The van der Waals surface area contributed by atoms with Gasteiger partial charge in [0.25, 0.3) is 11.5 Å². The summed E-state index contributed by atoms with van der Waals surface area (Å²) in [6.45, 7) is 1.13. The lowest BCUT2D eigenvalue weighted by Crippen LogP contribution is -2.40. The van der Waals surface area contributed by atoms with E-state index >= 15 is 0 Å². The smallest absolute Gasteiger partial charge is 0.288 e. The predicted molar refractivity (Wildman–Crippen MR) is 176 cm³/mol. The van der Waals surface area contributed by atoms with E-state index in [4.69, 9.17) is 23.7 Å². The summed E-state index contributed by atoms with van der Waals surface area (Å²) in [7, 11) is 3.80. The van der Waals surface area contributed by atoms with E-state index in [1.807, 2.05) is 37.3 Å². The van der Waals surface area contributed by atoms with Gasteiger partial charge in [-0.1, -0.05) is 18.2 Å². The first kappa shape index (κ1) is 36.8. The molecule has 1 aliphatic heterocycles. The molecule has 1 aromatic heterocycles. The van der Waals surface area contributed by atoms with Crippen LogP contribution in [0.3, 0.4) is 0 Å². The van der Waals surface area contributed by atoms with Gasteiger partial charge < -0.3 is 33.7 Å².